The van der Waals surface area contributed by atoms with Gasteiger partial charge in [0.25, 0.3) is 0 Å². The van der Waals surface area contributed by atoms with E-state index in [1.807, 2.05) is 0 Å². The molecule has 4 atom stereocenters. The normalized spacial score (nSPS) is 46.3. The molecule has 3 aliphatic rings. The monoisotopic (exact) mass is 211 g/mol. The Labute approximate surface area is 91.4 Å². The van der Waals surface area contributed by atoms with Gasteiger partial charge in [-0.3, -0.25) is 0 Å². The Hall–Kier alpha value is 0.310. The summed E-state index contributed by atoms with van der Waals surface area (Å²) < 4.78 is 0. The van der Waals surface area contributed by atoms with Crippen molar-refractivity contribution in [3.05, 3.63) is 0 Å². The number of nitrogens with one attached hydrogen (secondary N) is 1. The predicted molar refractivity (Wildman–Crippen MR) is 62.7 cm³/mol. The lowest BCUT2D eigenvalue weighted by Gasteiger charge is -2.23. The van der Waals surface area contributed by atoms with Crippen LogP contribution in [-0.2, 0) is 0 Å². The highest BCUT2D eigenvalue weighted by molar-refractivity contribution is 7.99. The highest BCUT2D eigenvalue weighted by atomic mass is 32.2. The Morgan fingerprint density at radius 1 is 1.14 bits per heavy atom. The minimum absolute atomic E-state index is 0.846. The van der Waals surface area contributed by atoms with Crippen molar-refractivity contribution in [1.82, 2.24) is 5.32 Å². The number of fused-ring (bicyclic) bond motifs is 2. The molecule has 0 aromatic rings. The lowest BCUT2D eigenvalue weighted by molar-refractivity contribution is 0.309. The van der Waals surface area contributed by atoms with Gasteiger partial charge in [-0.25, -0.2) is 0 Å². The van der Waals surface area contributed by atoms with Crippen molar-refractivity contribution < 1.29 is 0 Å². The summed E-state index contributed by atoms with van der Waals surface area (Å²) in [5.74, 6) is 6.00. The van der Waals surface area contributed by atoms with E-state index in [1.54, 1.807) is 12.8 Å². The molecule has 0 aromatic carbocycles. The van der Waals surface area contributed by atoms with Crippen molar-refractivity contribution in [3.8, 4) is 0 Å². The van der Waals surface area contributed by atoms with E-state index in [4.69, 9.17) is 0 Å². The molecular formula is C12H21NS. The van der Waals surface area contributed by atoms with Crippen LogP contribution in [0, 0.1) is 17.8 Å². The van der Waals surface area contributed by atoms with Gasteiger partial charge in [0, 0.05) is 11.8 Å². The van der Waals surface area contributed by atoms with E-state index >= 15 is 0 Å². The second kappa shape index (κ2) is 4.05. The molecule has 80 valence electrons. The van der Waals surface area contributed by atoms with Crippen LogP contribution in [0.1, 0.15) is 32.1 Å². The fourth-order valence-electron chi connectivity index (χ4n) is 3.64. The fraction of sp³-hybridized carbons (Fsp3) is 1.00. The van der Waals surface area contributed by atoms with Crippen LogP contribution in [-0.4, -0.2) is 24.1 Å². The van der Waals surface area contributed by atoms with Gasteiger partial charge < -0.3 is 5.32 Å². The molecule has 14 heavy (non-hydrogen) atoms. The molecule has 2 aliphatic carbocycles. The van der Waals surface area contributed by atoms with E-state index < -0.39 is 0 Å². The lowest BCUT2D eigenvalue weighted by atomic mass is 9.88. The summed E-state index contributed by atoms with van der Waals surface area (Å²) in [4.78, 5) is 0. The van der Waals surface area contributed by atoms with Crippen LogP contribution < -0.4 is 5.32 Å². The van der Waals surface area contributed by atoms with Gasteiger partial charge in [-0.1, -0.05) is 6.42 Å². The van der Waals surface area contributed by atoms with Crippen LogP contribution in [0.25, 0.3) is 0 Å². The smallest absolute Gasteiger partial charge is 0.0166 e. The van der Waals surface area contributed by atoms with Crippen LogP contribution in [0.5, 0.6) is 0 Å². The van der Waals surface area contributed by atoms with Gasteiger partial charge >= 0.3 is 0 Å². The van der Waals surface area contributed by atoms with E-state index in [1.165, 1.54) is 37.3 Å². The van der Waals surface area contributed by atoms with Gasteiger partial charge in [-0.2, -0.15) is 11.8 Å². The standard InChI is InChI=1S/C12H21NS/c1-2-10-5-9(1)6-11(10)7-13-12-3-4-14-8-12/h9-13H,1-8H2. The first-order valence-corrected chi connectivity index (χ1v) is 7.38. The van der Waals surface area contributed by atoms with Gasteiger partial charge in [-0.15, -0.1) is 0 Å². The highest BCUT2D eigenvalue weighted by Crippen LogP contribution is 2.48. The third kappa shape index (κ3) is 1.83. The quantitative estimate of drug-likeness (QED) is 0.770. The molecule has 2 heteroatoms. The maximum atomic E-state index is 3.79. The fourth-order valence-corrected chi connectivity index (χ4v) is 4.83. The largest absolute Gasteiger partial charge is 0.313 e. The second-order valence-corrected chi connectivity index (χ2v) is 6.55. The Balaban J connectivity index is 1.44. The molecule has 3 fully saturated rings. The Bertz CT molecular complexity index is 200. The molecule has 0 spiro atoms. The minimum Gasteiger partial charge on any atom is -0.313 e. The van der Waals surface area contributed by atoms with Crippen molar-refractivity contribution in [1.29, 1.82) is 0 Å². The lowest BCUT2D eigenvalue weighted by Crippen LogP contribution is -2.34. The molecular weight excluding hydrogens is 190 g/mol. The van der Waals surface area contributed by atoms with E-state index in [0.717, 1.165) is 23.8 Å². The van der Waals surface area contributed by atoms with E-state index in [-0.39, 0.29) is 0 Å². The molecule has 1 aliphatic heterocycles. The summed E-state index contributed by atoms with van der Waals surface area (Å²) in [6.45, 7) is 1.33. The Kier molecular flexibility index (Phi) is 2.76. The maximum Gasteiger partial charge on any atom is 0.0166 e. The van der Waals surface area contributed by atoms with E-state index in [0.29, 0.717) is 0 Å². The van der Waals surface area contributed by atoms with Crippen LogP contribution in [0.15, 0.2) is 0 Å². The summed E-state index contributed by atoms with van der Waals surface area (Å²) in [6, 6.07) is 0.846. The topological polar surface area (TPSA) is 12.0 Å². The number of thioether (sulfide) groups is 1. The third-order valence-electron chi connectivity index (χ3n) is 4.48. The number of hydrogen-bond donors (Lipinski definition) is 1. The van der Waals surface area contributed by atoms with Crippen molar-refractivity contribution >= 4 is 11.8 Å². The SMILES string of the molecule is C1CC(NCC2CC3CCC2C3)CS1. The Morgan fingerprint density at radius 2 is 2.14 bits per heavy atom. The molecule has 1 nitrogen and oxygen atoms in total. The average molecular weight is 211 g/mol. The molecule has 3 rings (SSSR count). The summed E-state index contributed by atoms with van der Waals surface area (Å²) >= 11 is 2.12. The van der Waals surface area contributed by atoms with Gasteiger partial charge in [0.15, 0.2) is 0 Å². The first kappa shape index (κ1) is 9.53. The van der Waals surface area contributed by atoms with Gasteiger partial charge in [0.2, 0.25) is 0 Å². The minimum atomic E-state index is 0.846. The van der Waals surface area contributed by atoms with E-state index in [2.05, 4.69) is 17.1 Å². The zero-order chi connectivity index (χ0) is 9.38. The first-order chi connectivity index (χ1) is 6.92. The van der Waals surface area contributed by atoms with Crippen molar-refractivity contribution in [2.75, 3.05) is 18.1 Å². The molecule has 2 saturated carbocycles. The molecule has 1 saturated heterocycles. The van der Waals surface area contributed by atoms with Crippen molar-refractivity contribution in [3.63, 3.8) is 0 Å². The zero-order valence-electron chi connectivity index (χ0n) is 8.87. The summed E-state index contributed by atoms with van der Waals surface area (Å²) in [7, 11) is 0. The average Bonchev–Trinajstić information content (AvgIpc) is 2.91. The Morgan fingerprint density at radius 3 is 2.79 bits per heavy atom. The molecule has 2 bridgehead atoms. The molecule has 4 unspecified atom stereocenters. The van der Waals surface area contributed by atoms with Gasteiger partial charge in [0.05, 0.1) is 0 Å². The molecule has 1 heterocycles. The zero-order valence-corrected chi connectivity index (χ0v) is 9.69. The number of rotatable bonds is 3. The van der Waals surface area contributed by atoms with E-state index in [9.17, 15) is 0 Å². The predicted octanol–water partition coefficient (Wildman–Crippen LogP) is 2.52. The molecule has 0 radical (unpaired) electrons. The maximum absolute atomic E-state index is 3.79. The molecule has 0 amide bonds. The molecule has 0 aromatic heterocycles. The third-order valence-corrected chi connectivity index (χ3v) is 5.65. The van der Waals surface area contributed by atoms with Crippen LogP contribution >= 0.6 is 11.8 Å². The van der Waals surface area contributed by atoms with Gasteiger partial charge in [-0.05, 0) is 55.7 Å². The van der Waals surface area contributed by atoms with Crippen LogP contribution in [0.4, 0.5) is 0 Å². The van der Waals surface area contributed by atoms with Crippen molar-refractivity contribution in [2.45, 2.75) is 38.1 Å². The van der Waals surface area contributed by atoms with Gasteiger partial charge in [0.1, 0.15) is 0 Å². The van der Waals surface area contributed by atoms with Crippen LogP contribution in [0.2, 0.25) is 0 Å². The summed E-state index contributed by atoms with van der Waals surface area (Å²) in [6.07, 6.45) is 7.59. The van der Waals surface area contributed by atoms with Crippen LogP contribution in [0.3, 0.4) is 0 Å². The number of hydrogen-bond acceptors (Lipinski definition) is 2. The second-order valence-electron chi connectivity index (χ2n) is 5.40. The summed E-state index contributed by atoms with van der Waals surface area (Å²) in [5, 5.41) is 3.79. The highest BCUT2D eigenvalue weighted by Gasteiger charge is 2.39. The molecule has 1 N–H and O–H groups in total. The van der Waals surface area contributed by atoms with Crippen molar-refractivity contribution in [2.24, 2.45) is 17.8 Å². The summed E-state index contributed by atoms with van der Waals surface area (Å²) in [5.41, 5.74) is 0. The first-order valence-electron chi connectivity index (χ1n) is 6.23.